The molecule has 1 aromatic rings. The molecule has 0 spiro atoms. The molecule has 1 N–H and O–H groups in total. The Morgan fingerprint density at radius 3 is 2.35 bits per heavy atom. The lowest BCUT2D eigenvalue weighted by Gasteiger charge is -2.19. The lowest BCUT2D eigenvalue weighted by Crippen LogP contribution is -2.21. The van der Waals surface area contributed by atoms with Gasteiger partial charge in [0.1, 0.15) is 0 Å². The molecule has 20 heavy (non-hydrogen) atoms. The van der Waals surface area contributed by atoms with Crippen LogP contribution in [-0.2, 0) is 10.2 Å². The van der Waals surface area contributed by atoms with Crippen molar-refractivity contribution in [1.82, 2.24) is 5.32 Å². The van der Waals surface area contributed by atoms with Gasteiger partial charge in [-0.1, -0.05) is 63.6 Å². The van der Waals surface area contributed by atoms with Crippen LogP contribution in [0.15, 0.2) is 29.8 Å². The lowest BCUT2D eigenvalue weighted by atomic mass is 9.86. The van der Waals surface area contributed by atoms with Gasteiger partial charge in [0.05, 0.1) is 6.61 Å². The maximum Gasteiger partial charge on any atom is 0.0587 e. The molecular weight excluding hydrogens is 246 g/mol. The fourth-order valence-corrected chi connectivity index (χ4v) is 2.02. The first-order valence-corrected chi connectivity index (χ1v) is 7.47. The SMILES string of the molecule is CCC(=Cc1ccc(C(C)(C)C)cc1)CNCCOC. The van der Waals surface area contributed by atoms with Crippen LogP contribution in [0, 0.1) is 0 Å². The van der Waals surface area contributed by atoms with Crippen molar-refractivity contribution >= 4 is 6.08 Å². The molecule has 0 amide bonds. The predicted molar refractivity (Wildman–Crippen MR) is 88.2 cm³/mol. The van der Waals surface area contributed by atoms with Gasteiger partial charge < -0.3 is 10.1 Å². The summed E-state index contributed by atoms with van der Waals surface area (Å²) in [6.45, 7) is 11.5. The fraction of sp³-hybridized carbons (Fsp3) is 0.556. The van der Waals surface area contributed by atoms with Crippen LogP contribution < -0.4 is 5.32 Å². The van der Waals surface area contributed by atoms with E-state index >= 15 is 0 Å². The largest absolute Gasteiger partial charge is 0.383 e. The maximum absolute atomic E-state index is 5.04. The average molecular weight is 275 g/mol. The Kier molecular flexibility index (Phi) is 6.97. The summed E-state index contributed by atoms with van der Waals surface area (Å²) >= 11 is 0. The first kappa shape index (κ1) is 16.9. The van der Waals surface area contributed by atoms with Gasteiger partial charge >= 0.3 is 0 Å². The van der Waals surface area contributed by atoms with Gasteiger partial charge in [0, 0.05) is 20.2 Å². The second kappa shape index (κ2) is 8.23. The van der Waals surface area contributed by atoms with Gasteiger partial charge in [-0.2, -0.15) is 0 Å². The first-order valence-electron chi connectivity index (χ1n) is 7.47. The molecule has 1 aromatic carbocycles. The van der Waals surface area contributed by atoms with Gasteiger partial charge in [0.15, 0.2) is 0 Å². The smallest absolute Gasteiger partial charge is 0.0587 e. The summed E-state index contributed by atoms with van der Waals surface area (Å²) in [5.74, 6) is 0. The van der Waals surface area contributed by atoms with Crippen LogP contribution in [0.4, 0.5) is 0 Å². The molecule has 0 unspecified atom stereocenters. The molecule has 0 aliphatic heterocycles. The minimum atomic E-state index is 0.220. The van der Waals surface area contributed by atoms with Crippen LogP contribution in [-0.4, -0.2) is 26.8 Å². The van der Waals surface area contributed by atoms with Gasteiger partial charge in [0.2, 0.25) is 0 Å². The summed E-state index contributed by atoms with van der Waals surface area (Å²) in [4.78, 5) is 0. The van der Waals surface area contributed by atoms with Crippen molar-refractivity contribution in [3.8, 4) is 0 Å². The zero-order valence-electron chi connectivity index (χ0n) is 13.6. The van der Waals surface area contributed by atoms with Crippen LogP contribution in [0.2, 0.25) is 0 Å². The predicted octanol–water partition coefficient (Wildman–Crippen LogP) is 4.01. The third-order valence-corrected chi connectivity index (χ3v) is 3.44. The summed E-state index contributed by atoms with van der Waals surface area (Å²) in [6, 6.07) is 8.89. The molecule has 0 aliphatic rings. The number of benzene rings is 1. The Morgan fingerprint density at radius 1 is 1.20 bits per heavy atom. The van der Waals surface area contributed by atoms with Crippen LogP contribution >= 0.6 is 0 Å². The summed E-state index contributed by atoms with van der Waals surface area (Å²) in [5.41, 5.74) is 4.30. The topological polar surface area (TPSA) is 21.3 Å². The van der Waals surface area contributed by atoms with Gasteiger partial charge in [-0.25, -0.2) is 0 Å². The van der Waals surface area contributed by atoms with Crippen LogP contribution in [0.25, 0.3) is 6.08 Å². The number of ether oxygens (including phenoxy) is 1. The van der Waals surface area contributed by atoms with Crippen molar-refractivity contribution in [1.29, 1.82) is 0 Å². The molecule has 0 bridgehead atoms. The van der Waals surface area contributed by atoms with Gasteiger partial charge in [-0.3, -0.25) is 0 Å². The zero-order chi connectivity index (χ0) is 15.0. The highest BCUT2D eigenvalue weighted by Gasteiger charge is 2.12. The molecule has 112 valence electrons. The Morgan fingerprint density at radius 2 is 1.85 bits per heavy atom. The van der Waals surface area contributed by atoms with E-state index in [-0.39, 0.29) is 5.41 Å². The summed E-state index contributed by atoms with van der Waals surface area (Å²) in [7, 11) is 1.73. The van der Waals surface area contributed by atoms with E-state index < -0.39 is 0 Å². The van der Waals surface area contributed by atoms with Crippen molar-refractivity contribution in [2.24, 2.45) is 0 Å². The number of methoxy groups -OCH3 is 1. The molecule has 0 saturated carbocycles. The van der Waals surface area contributed by atoms with Gasteiger partial charge in [0.25, 0.3) is 0 Å². The fourth-order valence-electron chi connectivity index (χ4n) is 2.02. The Balaban J connectivity index is 2.65. The monoisotopic (exact) mass is 275 g/mol. The standard InChI is InChI=1S/C18H29NO/c1-6-15(14-19-11-12-20-5)13-16-7-9-17(10-8-16)18(2,3)4/h7-10,13,19H,6,11-12,14H2,1-5H3. The molecule has 2 nitrogen and oxygen atoms in total. The maximum atomic E-state index is 5.04. The highest BCUT2D eigenvalue weighted by Crippen LogP contribution is 2.22. The number of rotatable bonds is 7. The van der Waals surface area contributed by atoms with Crippen molar-refractivity contribution in [2.75, 3.05) is 26.8 Å². The van der Waals surface area contributed by atoms with Crippen molar-refractivity contribution in [2.45, 2.75) is 39.5 Å². The zero-order valence-corrected chi connectivity index (χ0v) is 13.6. The minimum absolute atomic E-state index is 0.220. The molecule has 0 heterocycles. The Labute approximate surface area is 124 Å². The summed E-state index contributed by atoms with van der Waals surface area (Å²) < 4.78 is 5.04. The van der Waals surface area contributed by atoms with E-state index in [2.05, 4.69) is 63.4 Å². The number of nitrogens with one attached hydrogen (secondary N) is 1. The second-order valence-electron chi connectivity index (χ2n) is 6.20. The van der Waals surface area contributed by atoms with E-state index in [0.717, 1.165) is 26.1 Å². The quantitative estimate of drug-likeness (QED) is 0.759. The normalized spacial score (nSPS) is 12.8. The molecule has 0 aliphatic carbocycles. The van der Waals surface area contributed by atoms with Crippen LogP contribution in [0.5, 0.6) is 0 Å². The molecule has 0 aromatic heterocycles. The van der Waals surface area contributed by atoms with E-state index in [0.29, 0.717) is 0 Å². The van der Waals surface area contributed by atoms with E-state index in [4.69, 9.17) is 4.74 Å². The molecular formula is C18H29NO. The lowest BCUT2D eigenvalue weighted by molar-refractivity contribution is 0.200. The van der Waals surface area contributed by atoms with Crippen LogP contribution in [0.1, 0.15) is 45.2 Å². The van der Waals surface area contributed by atoms with E-state index in [9.17, 15) is 0 Å². The summed E-state index contributed by atoms with van der Waals surface area (Å²) in [6.07, 6.45) is 3.35. The highest BCUT2D eigenvalue weighted by atomic mass is 16.5. The third kappa shape index (κ3) is 5.89. The minimum Gasteiger partial charge on any atom is -0.383 e. The molecule has 2 heteroatoms. The van der Waals surface area contributed by atoms with Gasteiger partial charge in [-0.15, -0.1) is 0 Å². The second-order valence-corrected chi connectivity index (χ2v) is 6.20. The van der Waals surface area contributed by atoms with Crippen molar-refractivity contribution in [3.63, 3.8) is 0 Å². The molecule has 0 fully saturated rings. The Hall–Kier alpha value is -1.12. The highest BCUT2D eigenvalue weighted by molar-refractivity contribution is 5.54. The average Bonchev–Trinajstić information content (AvgIpc) is 2.42. The molecule has 1 rings (SSSR count). The van der Waals surface area contributed by atoms with Crippen molar-refractivity contribution in [3.05, 3.63) is 41.0 Å². The van der Waals surface area contributed by atoms with Crippen LogP contribution in [0.3, 0.4) is 0 Å². The number of hydrogen-bond acceptors (Lipinski definition) is 2. The van der Waals surface area contributed by atoms with E-state index in [1.807, 2.05) is 0 Å². The van der Waals surface area contributed by atoms with E-state index in [1.54, 1.807) is 7.11 Å². The number of hydrogen-bond donors (Lipinski definition) is 1. The molecule has 0 atom stereocenters. The van der Waals surface area contributed by atoms with Crippen molar-refractivity contribution < 1.29 is 4.74 Å². The summed E-state index contributed by atoms with van der Waals surface area (Å²) in [5, 5.41) is 3.40. The molecule has 0 radical (unpaired) electrons. The molecule has 0 saturated heterocycles. The third-order valence-electron chi connectivity index (χ3n) is 3.44. The van der Waals surface area contributed by atoms with Gasteiger partial charge in [-0.05, 0) is 23.0 Å². The Bertz CT molecular complexity index is 412. The first-order chi connectivity index (χ1) is 9.47. The van der Waals surface area contributed by atoms with E-state index in [1.165, 1.54) is 16.7 Å².